The van der Waals surface area contributed by atoms with Gasteiger partial charge in [0.05, 0.1) is 13.1 Å². The molecule has 0 radical (unpaired) electrons. The molecule has 23 heavy (non-hydrogen) atoms. The normalized spacial score (nSPS) is 15.2. The Labute approximate surface area is 138 Å². The highest BCUT2D eigenvalue weighted by Crippen LogP contribution is 2.10. The number of aliphatic imine (C=N–C) groups is 1. The van der Waals surface area contributed by atoms with Crippen LogP contribution >= 0.6 is 0 Å². The van der Waals surface area contributed by atoms with Crippen molar-refractivity contribution in [2.24, 2.45) is 10.9 Å². The Bertz CT molecular complexity index is 441. The van der Waals surface area contributed by atoms with E-state index in [9.17, 15) is 9.59 Å². The maximum atomic E-state index is 12.0. The highest BCUT2D eigenvalue weighted by atomic mass is 16.6. The van der Waals surface area contributed by atoms with Gasteiger partial charge in [-0.1, -0.05) is 13.8 Å². The first-order valence-electron chi connectivity index (χ1n) is 8.19. The first-order valence-corrected chi connectivity index (χ1v) is 8.19. The summed E-state index contributed by atoms with van der Waals surface area (Å²) >= 11 is 0. The van der Waals surface area contributed by atoms with Crippen LogP contribution in [0.4, 0.5) is 4.79 Å². The third-order valence-corrected chi connectivity index (χ3v) is 3.05. The highest BCUT2D eigenvalue weighted by molar-refractivity contribution is 5.88. The summed E-state index contributed by atoms with van der Waals surface area (Å²) in [5, 5.41) is 6.00. The van der Waals surface area contributed by atoms with Gasteiger partial charge in [0.15, 0.2) is 0 Å². The molecule has 2 N–H and O–H groups in total. The quantitative estimate of drug-likeness (QED) is 0.800. The topological polar surface area (TPSA) is 83.0 Å². The average molecular weight is 326 g/mol. The number of amidine groups is 1. The van der Waals surface area contributed by atoms with E-state index >= 15 is 0 Å². The fraction of sp³-hybridized carbons (Fsp3) is 0.812. The SMILES string of the molecule is CC(C)CNC(=O)CCNC1=NCCN(C(=O)OC(C)(C)C)C1. The van der Waals surface area contributed by atoms with E-state index in [0.29, 0.717) is 45.1 Å². The standard InChI is InChI=1S/C16H30N4O3/c1-12(2)10-19-14(21)6-7-17-13-11-20(9-8-18-13)15(22)23-16(3,4)5/h12H,6-11H2,1-5H3,(H,17,18)(H,19,21). The van der Waals surface area contributed by atoms with Crippen molar-refractivity contribution in [2.75, 3.05) is 32.7 Å². The van der Waals surface area contributed by atoms with Crippen molar-refractivity contribution in [3.63, 3.8) is 0 Å². The van der Waals surface area contributed by atoms with Crippen LogP contribution < -0.4 is 10.6 Å². The van der Waals surface area contributed by atoms with E-state index in [-0.39, 0.29) is 12.0 Å². The van der Waals surface area contributed by atoms with Gasteiger partial charge in [-0.15, -0.1) is 0 Å². The lowest BCUT2D eigenvalue weighted by Crippen LogP contribution is -2.47. The minimum atomic E-state index is -0.506. The molecule has 1 aliphatic heterocycles. The Hall–Kier alpha value is -1.79. The van der Waals surface area contributed by atoms with Gasteiger partial charge in [0.25, 0.3) is 0 Å². The molecule has 1 heterocycles. The Morgan fingerprint density at radius 2 is 2.04 bits per heavy atom. The second-order valence-corrected chi connectivity index (χ2v) is 7.11. The fourth-order valence-corrected chi connectivity index (χ4v) is 1.94. The monoisotopic (exact) mass is 326 g/mol. The predicted octanol–water partition coefficient (Wildman–Crippen LogP) is 1.39. The molecule has 0 saturated carbocycles. The second-order valence-electron chi connectivity index (χ2n) is 7.11. The zero-order chi connectivity index (χ0) is 17.5. The number of hydrogen-bond acceptors (Lipinski definition) is 5. The minimum absolute atomic E-state index is 0.0200. The molecule has 0 saturated heterocycles. The number of hydrogen-bond donors (Lipinski definition) is 2. The molecule has 0 aromatic carbocycles. The summed E-state index contributed by atoms with van der Waals surface area (Å²) < 4.78 is 5.36. The third-order valence-electron chi connectivity index (χ3n) is 3.05. The summed E-state index contributed by atoms with van der Waals surface area (Å²) in [6.45, 7) is 12.3. The van der Waals surface area contributed by atoms with Gasteiger partial charge in [0, 0.05) is 26.1 Å². The van der Waals surface area contributed by atoms with Gasteiger partial charge in [-0.3, -0.25) is 14.7 Å². The van der Waals surface area contributed by atoms with Crippen molar-refractivity contribution in [3.8, 4) is 0 Å². The minimum Gasteiger partial charge on any atom is -0.444 e. The van der Waals surface area contributed by atoms with Crippen LogP contribution in [0.3, 0.4) is 0 Å². The molecule has 0 aliphatic carbocycles. The smallest absolute Gasteiger partial charge is 0.410 e. The van der Waals surface area contributed by atoms with Crippen molar-refractivity contribution in [1.82, 2.24) is 15.5 Å². The van der Waals surface area contributed by atoms with Crippen LogP contribution in [-0.4, -0.2) is 61.1 Å². The van der Waals surface area contributed by atoms with Gasteiger partial charge in [-0.25, -0.2) is 4.79 Å². The van der Waals surface area contributed by atoms with E-state index < -0.39 is 5.60 Å². The Balaban J connectivity index is 2.32. The van der Waals surface area contributed by atoms with E-state index in [1.807, 2.05) is 20.8 Å². The highest BCUT2D eigenvalue weighted by Gasteiger charge is 2.24. The zero-order valence-electron chi connectivity index (χ0n) is 14.9. The lowest BCUT2D eigenvalue weighted by Gasteiger charge is -2.29. The number of nitrogens with one attached hydrogen (secondary N) is 2. The van der Waals surface area contributed by atoms with Crippen LogP contribution in [0.25, 0.3) is 0 Å². The first-order chi connectivity index (χ1) is 10.7. The van der Waals surface area contributed by atoms with Crippen molar-refractivity contribution >= 4 is 17.8 Å². The molecule has 132 valence electrons. The van der Waals surface area contributed by atoms with Crippen LogP contribution in [0.2, 0.25) is 0 Å². The number of carbonyl (C=O) groups is 2. The molecule has 7 heteroatoms. The molecule has 0 atom stereocenters. The van der Waals surface area contributed by atoms with Crippen LogP contribution in [0.1, 0.15) is 41.0 Å². The number of rotatable bonds is 5. The molecule has 1 aliphatic rings. The molecule has 0 fully saturated rings. The molecule has 0 bridgehead atoms. The summed E-state index contributed by atoms with van der Waals surface area (Å²) in [6, 6.07) is 0. The molecule has 1 rings (SSSR count). The molecule has 2 amide bonds. The van der Waals surface area contributed by atoms with Crippen LogP contribution in [-0.2, 0) is 9.53 Å². The van der Waals surface area contributed by atoms with Crippen LogP contribution in [0, 0.1) is 5.92 Å². The van der Waals surface area contributed by atoms with Gasteiger partial charge in [-0.2, -0.15) is 0 Å². The van der Waals surface area contributed by atoms with E-state index in [1.54, 1.807) is 4.90 Å². The van der Waals surface area contributed by atoms with Crippen LogP contribution in [0.15, 0.2) is 4.99 Å². The van der Waals surface area contributed by atoms with Gasteiger partial charge < -0.3 is 15.4 Å². The number of nitrogens with zero attached hydrogens (tertiary/aromatic N) is 2. The number of ether oxygens (including phenoxy) is 1. The van der Waals surface area contributed by atoms with Crippen molar-refractivity contribution < 1.29 is 14.3 Å². The second kappa shape index (κ2) is 8.74. The molecular formula is C16H30N4O3. The maximum absolute atomic E-state index is 12.0. The van der Waals surface area contributed by atoms with E-state index in [1.165, 1.54) is 0 Å². The van der Waals surface area contributed by atoms with E-state index in [4.69, 9.17) is 4.74 Å². The van der Waals surface area contributed by atoms with Gasteiger partial charge >= 0.3 is 6.09 Å². The van der Waals surface area contributed by atoms with Crippen molar-refractivity contribution in [1.29, 1.82) is 0 Å². The summed E-state index contributed by atoms with van der Waals surface area (Å²) in [7, 11) is 0. The zero-order valence-corrected chi connectivity index (χ0v) is 14.9. The third kappa shape index (κ3) is 8.42. The van der Waals surface area contributed by atoms with Gasteiger partial charge in [0.1, 0.15) is 11.4 Å². The van der Waals surface area contributed by atoms with Gasteiger partial charge in [0.2, 0.25) is 5.91 Å². The van der Waals surface area contributed by atoms with Crippen LogP contribution in [0.5, 0.6) is 0 Å². The molecule has 0 unspecified atom stereocenters. The fourth-order valence-electron chi connectivity index (χ4n) is 1.94. The summed E-state index contributed by atoms with van der Waals surface area (Å²) in [6.07, 6.45) is 0.0550. The van der Waals surface area contributed by atoms with E-state index in [0.717, 1.165) is 5.84 Å². The summed E-state index contributed by atoms with van der Waals surface area (Å²) in [4.78, 5) is 29.7. The Morgan fingerprint density at radius 3 is 2.65 bits per heavy atom. The lowest BCUT2D eigenvalue weighted by atomic mass is 10.2. The van der Waals surface area contributed by atoms with E-state index in [2.05, 4.69) is 29.5 Å². The van der Waals surface area contributed by atoms with Crippen molar-refractivity contribution in [3.05, 3.63) is 0 Å². The maximum Gasteiger partial charge on any atom is 0.410 e. The molecular weight excluding hydrogens is 296 g/mol. The molecule has 0 aromatic heterocycles. The number of amides is 2. The molecule has 0 spiro atoms. The first kappa shape index (κ1) is 19.3. The average Bonchev–Trinajstić information content (AvgIpc) is 2.43. The summed E-state index contributed by atoms with van der Waals surface area (Å²) in [5.74, 6) is 1.18. The Kier molecular flexibility index (Phi) is 7.32. The van der Waals surface area contributed by atoms with Crippen molar-refractivity contribution in [2.45, 2.75) is 46.6 Å². The summed E-state index contributed by atoms with van der Waals surface area (Å²) in [5.41, 5.74) is -0.506. The molecule has 7 nitrogen and oxygen atoms in total. The molecule has 0 aromatic rings. The number of carbonyl (C=O) groups excluding carboxylic acids is 2. The predicted molar refractivity (Wildman–Crippen MR) is 90.6 cm³/mol. The Morgan fingerprint density at radius 1 is 1.35 bits per heavy atom. The largest absolute Gasteiger partial charge is 0.444 e. The lowest BCUT2D eigenvalue weighted by molar-refractivity contribution is -0.121. The van der Waals surface area contributed by atoms with Gasteiger partial charge in [-0.05, 0) is 26.7 Å².